The van der Waals surface area contributed by atoms with E-state index in [1.165, 1.54) is 126 Å². The fourth-order valence-electron chi connectivity index (χ4n) is 14.6. The predicted molar refractivity (Wildman–Crippen MR) is 476 cm³/mol. The normalized spacial score (nSPS) is 11.9. The number of aliphatic imine (C=N–C) groups is 1. The van der Waals surface area contributed by atoms with Gasteiger partial charge in [-0.2, -0.15) is 89.5 Å². The van der Waals surface area contributed by atoms with E-state index in [4.69, 9.17) is 14.2 Å². The van der Waals surface area contributed by atoms with Gasteiger partial charge in [0.2, 0.25) is 5.88 Å². The first-order valence-electron chi connectivity index (χ1n) is 41.1. The molecule has 7 aromatic carbocycles. The van der Waals surface area contributed by atoms with Gasteiger partial charge in [0.05, 0.1) is 74.7 Å². The Labute approximate surface area is 764 Å². The van der Waals surface area contributed by atoms with Gasteiger partial charge in [-0.15, -0.1) is 0 Å². The number of alkyl halides is 12. The Morgan fingerprint density at radius 1 is 0.355 bits per heavy atom. The number of nitrogens with one attached hydrogen (secondary N) is 1. The quantitative estimate of drug-likeness (QED) is 0.0492. The van der Waals surface area contributed by atoms with E-state index in [1.54, 1.807) is 128 Å². The molecule has 1 aliphatic rings. The lowest BCUT2D eigenvalue weighted by Crippen LogP contribution is -2.25. The number of ether oxygens (including phenoxy) is 7. The van der Waals surface area contributed by atoms with Crippen LogP contribution in [-0.2, 0) is 21.1 Å². The third-order valence-electron chi connectivity index (χ3n) is 20.3. The molecule has 1 N–H and O–H groups in total. The second-order valence-corrected chi connectivity index (χ2v) is 29.6. The topological polar surface area (TPSA) is 334 Å². The Hall–Kier alpha value is -17.1. The summed E-state index contributed by atoms with van der Waals surface area (Å²) in [5, 5.41) is 35.3. The van der Waals surface area contributed by atoms with Gasteiger partial charge in [-0.1, -0.05) is 48.5 Å². The van der Waals surface area contributed by atoms with Crippen molar-refractivity contribution in [3.63, 3.8) is 0 Å². The second kappa shape index (κ2) is 40.4. The van der Waals surface area contributed by atoms with E-state index in [0.29, 0.717) is 69.0 Å². The van der Waals surface area contributed by atoms with Crippen molar-refractivity contribution in [2.45, 2.75) is 53.1 Å². The maximum absolute atomic E-state index is 14.7. The number of anilines is 1. The van der Waals surface area contributed by atoms with Gasteiger partial charge in [0.25, 0.3) is 46.8 Å². The summed E-state index contributed by atoms with van der Waals surface area (Å²) in [7, 11) is 5.31. The van der Waals surface area contributed by atoms with Crippen LogP contribution < -0.4 is 60.7 Å². The maximum atomic E-state index is 14.7. The van der Waals surface area contributed by atoms with Gasteiger partial charge in [-0.3, -0.25) is 38.2 Å². The molecule has 0 radical (unpaired) electrons. The van der Waals surface area contributed by atoms with Crippen LogP contribution in [0.4, 0.5) is 71.7 Å². The molecule has 138 heavy (non-hydrogen) atoms. The Morgan fingerprint density at radius 2 is 0.688 bits per heavy atom. The number of rotatable bonds is 26. The van der Waals surface area contributed by atoms with Crippen molar-refractivity contribution < 1.29 is 99.0 Å². The lowest BCUT2D eigenvalue weighted by atomic mass is 10.1. The van der Waals surface area contributed by atoms with E-state index in [-0.39, 0.29) is 114 Å². The van der Waals surface area contributed by atoms with Crippen LogP contribution in [0.5, 0.6) is 40.6 Å². The molecule has 0 spiro atoms. The minimum absolute atomic E-state index is 0.0189. The van der Waals surface area contributed by atoms with Crippen molar-refractivity contribution in [3.05, 3.63) is 266 Å². The molecular formula is C92H67F15N20O11. The second-order valence-electron chi connectivity index (χ2n) is 29.6. The van der Waals surface area contributed by atoms with E-state index in [2.05, 4.69) is 84.9 Å². The molecule has 18 aromatic rings. The number of aryl methyl sites for hydroxylation is 3. The third-order valence-corrected chi connectivity index (χ3v) is 20.3. The minimum atomic E-state index is -3.05. The fraction of sp³-hybridized carbons (Fsp3) is 0.174. The average molecular weight is 1910 g/mol. The fourth-order valence-corrected chi connectivity index (χ4v) is 14.6. The standard InChI is InChI=1S/C24H16F5N5O3.C24H19F3N6O2.C24H18F3N5O3.C20H14F4N4O3/c1-33-10-13-8-14(4-7-17(13)31-33)34-23(35)20(12-2-5-15(6-3-12)37-24(28)29)21-18(32-34)9-16(25)22(30-21)36-11-19(26)27;1-3-28-22-17(25)11-19-21(29-22)20(13-4-7-16(8-5-13)35-24(26)27)23(34)33(31-19)15-6-9-18-14(10-15)12-32(2)30-18;1-3-34-22-17(25)11-19-21(28-22)20(13-4-7-16(8-5-13)35-24(26)27)23(33)32(30-19)15-6-9-18-14(10-15)12-31(2)29-18;21-15(22)10-30-16-6-5-14-18(26-16)17(11-1-3-13(4-2-11)31-20(23)24)19(29)28(27-14)12-7-8-25-9-12/h2-10,19,24H,11H2,1H3;4-12,24H,3H2,1-2H3,(H,28,29);4-12,24H,3H2,1-2H3;1-7,9,15,20H,8,10H2. The average Bonchev–Trinajstić information content (AvgIpc) is 0.809. The SMILES string of the molecule is CCNc1nc2c(-c3ccc(OC(F)F)cc3)c(=O)n(-c3ccc4nn(C)cc4c3)nc2cc1F.CCOc1nc2c(-c3ccc(OC(F)F)cc3)c(=O)n(-c3ccc4nn(C)cc4c3)nc2cc1F.Cn1cc2cc(-n3nc4cc(F)c(OCC(F)F)nc4c(-c4ccc(OC(F)F)cc4)c3=O)ccc2n1.O=c1c(-c2ccc(OC(F)F)cc2)c2nc(OCC(F)F)ccc2nn1C1=CCN=C1. The molecule has 1 aliphatic heterocycles. The van der Waals surface area contributed by atoms with Crippen molar-refractivity contribution in [2.75, 3.05) is 38.2 Å². The van der Waals surface area contributed by atoms with Crippen molar-refractivity contribution >= 4 is 94.6 Å². The summed E-state index contributed by atoms with van der Waals surface area (Å²) in [5.74, 6) is -3.90. The highest BCUT2D eigenvalue weighted by molar-refractivity contribution is 6.05. The van der Waals surface area contributed by atoms with E-state index >= 15 is 0 Å². The molecule has 12 heterocycles. The van der Waals surface area contributed by atoms with Crippen LogP contribution in [0.25, 0.3) is 144 Å². The molecular weight excluding hydrogens is 1850 g/mol. The summed E-state index contributed by atoms with van der Waals surface area (Å²) in [6, 6.07) is 43.1. The molecule has 46 heteroatoms. The highest BCUT2D eigenvalue weighted by Crippen LogP contribution is 2.36. The summed E-state index contributed by atoms with van der Waals surface area (Å²) in [5.41, 5.74) is 3.89. The molecule has 31 nitrogen and oxygen atoms in total. The number of pyridine rings is 4. The van der Waals surface area contributed by atoms with Gasteiger partial charge in [-0.05, 0) is 151 Å². The van der Waals surface area contributed by atoms with Gasteiger partial charge < -0.3 is 38.5 Å². The van der Waals surface area contributed by atoms with Crippen molar-refractivity contribution in [1.82, 2.24) is 88.4 Å². The summed E-state index contributed by atoms with van der Waals surface area (Å²) >= 11 is 0. The molecule has 11 aromatic heterocycles. The largest absolute Gasteiger partial charge is 0.476 e. The maximum Gasteiger partial charge on any atom is 0.387 e. The zero-order valence-electron chi connectivity index (χ0n) is 71.9. The summed E-state index contributed by atoms with van der Waals surface area (Å²) in [6.07, 6.45) is 2.96. The Bertz CT molecular complexity index is 7720. The van der Waals surface area contributed by atoms with Gasteiger partial charge in [0, 0.05) is 92.9 Å². The van der Waals surface area contributed by atoms with E-state index in [1.807, 2.05) is 0 Å². The first-order chi connectivity index (χ1) is 66.3. The van der Waals surface area contributed by atoms with Gasteiger partial charge in [-0.25, -0.2) is 50.7 Å². The van der Waals surface area contributed by atoms with Crippen LogP contribution in [0, 0.1) is 17.5 Å². The van der Waals surface area contributed by atoms with Crippen molar-refractivity contribution in [2.24, 2.45) is 26.1 Å². The molecule has 0 unspecified atom stereocenters. The summed E-state index contributed by atoms with van der Waals surface area (Å²) < 4.78 is 237. The first kappa shape index (κ1) is 94.1. The zero-order valence-corrected chi connectivity index (χ0v) is 71.9. The molecule has 0 saturated heterocycles. The Kier molecular flexibility index (Phi) is 27.5. The smallest absolute Gasteiger partial charge is 0.387 e. The molecule has 0 bridgehead atoms. The van der Waals surface area contributed by atoms with Crippen LogP contribution in [0.3, 0.4) is 0 Å². The van der Waals surface area contributed by atoms with Crippen LogP contribution in [-0.4, -0.2) is 167 Å². The predicted octanol–water partition coefficient (Wildman–Crippen LogP) is 17.3. The number of benzene rings is 7. The molecule has 706 valence electrons. The molecule has 0 fully saturated rings. The number of hydrogen-bond acceptors (Lipinski definition) is 24. The van der Waals surface area contributed by atoms with E-state index < -0.39 is 98.1 Å². The molecule has 0 saturated carbocycles. The number of hydrogen-bond donors (Lipinski definition) is 1. The number of nitrogens with zero attached hydrogens (tertiary/aromatic N) is 19. The number of fused-ring (bicyclic) bond motifs is 7. The lowest BCUT2D eigenvalue weighted by molar-refractivity contribution is -0.0505. The number of halogens is 15. The Balaban J connectivity index is 0.000000133. The van der Waals surface area contributed by atoms with Crippen LogP contribution in [0.2, 0.25) is 0 Å². The van der Waals surface area contributed by atoms with Crippen LogP contribution >= 0.6 is 0 Å². The molecule has 0 aliphatic carbocycles. The highest BCUT2D eigenvalue weighted by Gasteiger charge is 2.28. The van der Waals surface area contributed by atoms with Crippen molar-refractivity contribution in [3.8, 4) is 102 Å². The van der Waals surface area contributed by atoms with E-state index in [0.717, 1.165) is 48.0 Å². The lowest BCUT2D eigenvalue weighted by Gasteiger charge is -2.13. The monoisotopic (exact) mass is 1910 g/mol. The van der Waals surface area contributed by atoms with Gasteiger partial charge in [0.15, 0.2) is 36.5 Å². The highest BCUT2D eigenvalue weighted by atomic mass is 19.3. The van der Waals surface area contributed by atoms with E-state index in [9.17, 15) is 85.0 Å². The van der Waals surface area contributed by atoms with Crippen molar-refractivity contribution in [1.29, 1.82) is 0 Å². The molecule has 0 amide bonds. The molecule has 19 rings (SSSR count). The minimum Gasteiger partial charge on any atom is -0.476 e. The Morgan fingerprint density at radius 3 is 1.04 bits per heavy atom. The first-order valence-corrected chi connectivity index (χ1v) is 41.1. The summed E-state index contributed by atoms with van der Waals surface area (Å²) in [4.78, 5) is 75.1. The zero-order chi connectivity index (χ0) is 97.6. The van der Waals surface area contributed by atoms with Crippen LogP contribution in [0.1, 0.15) is 13.8 Å². The third kappa shape index (κ3) is 20.8. The number of aromatic nitrogens is 18. The molecule has 0 atom stereocenters. The van der Waals surface area contributed by atoms with Gasteiger partial charge in [0.1, 0.15) is 67.1 Å². The van der Waals surface area contributed by atoms with Gasteiger partial charge >= 0.3 is 26.4 Å². The number of allylic oxidation sites excluding steroid dienone is 1. The summed E-state index contributed by atoms with van der Waals surface area (Å²) in [6.45, 7) is -9.52. The van der Waals surface area contributed by atoms with Crippen LogP contribution in [0.15, 0.2) is 231 Å².